The molecule has 1 amide bonds. The van der Waals surface area contributed by atoms with Crippen LogP contribution in [-0.2, 0) is 6.54 Å². The van der Waals surface area contributed by atoms with E-state index in [2.05, 4.69) is 36.2 Å². The number of likely N-dealkylation sites (tertiary alicyclic amines) is 1. The molecule has 1 aliphatic rings. The van der Waals surface area contributed by atoms with Gasteiger partial charge in [-0.3, -0.25) is 4.79 Å². The normalized spacial score (nSPS) is 14.1. The molecule has 0 unspecified atom stereocenters. The Morgan fingerprint density at radius 2 is 1.70 bits per heavy atom. The molecule has 0 aromatic heterocycles. The monoisotopic (exact) mass is 440 g/mol. The van der Waals surface area contributed by atoms with Crippen LogP contribution in [0.5, 0.6) is 0 Å². The van der Waals surface area contributed by atoms with Crippen molar-refractivity contribution < 1.29 is 14.8 Å². The zero-order valence-electron chi connectivity index (χ0n) is 18.7. The first-order chi connectivity index (χ1) is 16.0. The van der Waals surface area contributed by atoms with Gasteiger partial charge in [0.25, 0.3) is 5.91 Å². The molecule has 0 saturated carbocycles. The summed E-state index contributed by atoms with van der Waals surface area (Å²) >= 11 is 0. The lowest BCUT2D eigenvalue weighted by Gasteiger charge is -2.32. The van der Waals surface area contributed by atoms with Crippen molar-refractivity contribution in [3.63, 3.8) is 0 Å². The first kappa shape index (κ1) is 22.8. The maximum atomic E-state index is 13.2. The van der Waals surface area contributed by atoms with Gasteiger partial charge in [-0.05, 0) is 64.8 Å². The number of nitrogens with zero attached hydrogens (tertiary/aromatic N) is 1. The number of amides is 1. The van der Waals surface area contributed by atoms with Gasteiger partial charge in [0.1, 0.15) is 0 Å². The van der Waals surface area contributed by atoms with Crippen LogP contribution in [0.25, 0.3) is 11.1 Å². The maximum absolute atomic E-state index is 13.2. The van der Waals surface area contributed by atoms with Crippen LogP contribution in [0.4, 0.5) is 0 Å². The molecular formula is C27H29BN2O3. The van der Waals surface area contributed by atoms with Crippen LogP contribution in [0.2, 0.25) is 0 Å². The minimum absolute atomic E-state index is 0.0394. The first-order valence-corrected chi connectivity index (χ1v) is 11.3. The van der Waals surface area contributed by atoms with Gasteiger partial charge >= 0.3 is 7.12 Å². The lowest BCUT2D eigenvalue weighted by molar-refractivity contribution is 0.0713. The highest BCUT2D eigenvalue weighted by Crippen LogP contribution is 2.30. The van der Waals surface area contributed by atoms with Crippen LogP contribution in [0, 0.1) is 0 Å². The van der Waals surface area contributed by atoms with Crippen molar-refractivity contribution in [3.8, 4) is 11.1 Å². The smallest absolute Gasteiger partial charge is 0.423 e. The minimum Gasteiger partial charge on any atom is -0.423 e. The Kier molecular flexibility index (Phi) is 7.28. The SMILES string of the molecule is C=CNCc1cccc(C2CCN(C(=O)c3cccc(-c4cccc(B(O)O)c4)c3)CC2)c1. The van der Waals surface area contributed by atoms with Gasteiger partial charge in [-0.2, -0.15) is 0 Å². The third-order valence-corrected chi connectivity index (χ3v) is 6.28. The van der Waals surface area contributed by atoms with Crippen molar-refractivity contribution in [3.05, 3.63) is 102 Å². The Bertz CT molecular complexity index is 1120. The van der Waals surface area contributed by atoms with Crippen molar-refractivity contribution in [2.45, 2.75) is 25.3 Å². The molecule has 1 heterocycles. The second-order valence-corrected chi connectivity index (χ2v) is 8.48. The van der Waals surface area contributed by atoms with Crippen LogP contribution in [0.1, 0.15) is 40.2 Å². The Hall–Kier alpha value is -3.35. The second-order valence-electron chi connectivity index (χ2n) is 8.48. The molecule has 3 aromatic carbocycles. The Morgan fingerprint density at radius 1 is 1.00 bits per heavy atom. The van der Waals surface area contributed by atoms with Gasteiger partial charge in [-0.25, -0.2) is 0 Å². The van der Waals surface area contributed by atoms with Crippen LogP contribution in [0.3, 0.4) is 0 Å². The van der Waals surface area contributed by atoms with E-state index in [1.54, 1.807) is 24.4 Å². The number of hydrogen-bond acceptors (Lipinski definition) is 4. The van der Waals surface area contributed by atoms with Gasteiger partial charge in [0.15, 0.2) is 0 Å². The second kappa shape index (κ2) is 10.5. The maximum Gasteiger partial charge on any atom is 0.488 e. The summed E-state index contributed by atoms with van der Waals surface area (Å²) in [5.74, 6) is 0.495. The lowest BCUT2D eigenvalue weighted by atomic mass is 9.79. The number of nitrogens with one attached hydrogen (secondary N) is 1. The fourth-order valence-corrected chi connectivity index (χ4v) is 4.46. The van der Waals surface area contributed by atoms with Crippen LogP contribution in [0.15, 0.2) is 85.6 Å². The highest BCUT2D eigenvalue weighted by atomic mass is 16.4. The van der Waals surface area contributed by atoms with Crippen LogP contribution >= 0.6 is 0 Å². The van der Waals surface area contributed by atoms with E-state index in [9.17, 15) is 14.8 Å². The molecule has 1 fully saturated rings. The quantitative estimate of drug-likeness (QED) is 0.493. The molecular weight excluding hydrogens is 411 g/mol. The summed E-state index contributed by atoms with van der Waals surface area (Å²) in [5.41, 5.74) is 5.37. The van der Waals surface area contributed by atoms with Crippen LogP contribution < -0.4 is 10.8 Å². The number of carbonyl (C=O) groups excluding carboxylic acids is 1. The summed E-state index contributed by atoms with van der Waals surface area (Å²) < 4.78 is 0. The van der Waals surface area contributed by atoms with Crippen molar-refractivity contribution in [1.82, 2.24) is 10.2 Å². The standard InChI is InChI=1S/C27H29BN2O3/c1-2-29-19-20-6-3-7-22(16-20)21-12-14-30(15-13-21)27(31)25-10-4-8-23(17-25)24-9-5-11-26(18-24)28(32)33/h2-11,16-18,21,29,32-33H,1,12-15,19H2. The fourth-order valence-electron chi connectivity index (χ4n) is 4.46. The Balaban J connectivity index is 1.43. The average Bonchev–Trinajstić information content (AvgIpc) is 2.87. The zero-order chi connectivity index (χ0) is 23.2. The minimum atomic E-state index is -1.52. The summed E-state index contributed by atoms with van der Waals surface area (Å²) in [6.07, 6.45) is 3.60. The molecule has 4 rings (SSSR count). The Morgan fingerprint density at radius 3 is 2.42 bits per heavy atom. The number of hydrogen-bond donors (Lipinski definition) is 3. The van der Waals surface area contributed by atoms with E-state index in [1.807, 2.05) is 35.2 Å². The number of carbonyl (C=O) groups is 1. The van der Waals surface area contributed by atoms with Crippen molar-refractivity contribution in [2.24, 2.45) is 0 Å². The summed E-state index contributed by atoms with van der Waals surface area (Å²) in [7, 11) is -1.52. The molecule has 0 atom stereocenters. The Labute approximate surface area is 195 Å². The highest BCUT2D eigenvalue weighted by Gasteiger charge is 2.25. The van der Waals surface area contributed by atoms with E-state index >= 15 is 0 Å². The van der Waals surface area contributed by atoms with Crippen molar-refractivity contribution in [1.29, 1.82) is 0 Å². The summed E-state index contributed by atoms with van der Waals surface area (Å²) in [6.45, 7) is 5.93. The van der Waals surface area contributed by atoms with Gasteiger partial charge in [-0.15, -0.1) is 0 Å². The summed E-state index contributed by atoms with van der Waals surface area (Å²) in [5, 5.41) is 22.1. The summed E-state index contributed by atoms with van der Waals surface area (Å²) in [6, 6.07) is 23.3. The van der Waals surface area contributed by atoms with Crippen molar-refractivity contribution in [2.75, 3.05) is 13.1 Å². The third kappa shape index (κ3) is 5.53. The molecule has 3 aromatic rings. The zero-order valence-corrected chi connectivity index (χ0v) is 18.7. The molecule has 6 heteroatoms. The first-order valence-electron chi connectivity index (χ1n) is 11.3. The van der Waals surface area contributed by atoms with E-state index in [1.165, 1.54) is 11.1 Å². The highest BCUT2D eigenvalue weighted by molar-refractivity contribution is 6.58. The lowest BCUT2D eigenvalue weighted by Crippen LogP contribution is -2.37. The van der Waals surface area contributed by atoms with Crippen LogP contribution in [-0.4, -0.2) is 41.1 Å². The molecule has 0 aliphatic carbocycles. The van der Waals surface area contributed by atoms with Gasteiger partial charge < -0.3 is 20.3 Å². The molecule has 1 saturated heterocycles. The van der Waals surface area contributed by atoms with Gasteiger partial charge in [0.05, 0.1) is 0 Å². The van der Waals surface area contributed by atoms with Gasteiger partial charge in [-0.1, -0.05) is 67.2 Å². The molecule has 0 bridgehead atoms. The number of piperidine rings is 1. The van der Waals surface area contributed by atoms with Crippen molar-refractivity contribution >= 4 is 18.5 Å². The predicted molar refractivity (Wildman–Crippen MR) is 133 cm³/mol. The molecule has 0 spiro atoms. The molecule has 33 heavy (non-hydrogen) atoms. The van der Waals surface area contributed by atoms with E-state index in [-0.39, 0.29) is 5.91 Å². The van der Waals surface area contributed by atoms with E-state index in [4.69, 9.17) is 0 Å². The third-order valence-electron chi connectivity index (χ3n) is 6.28. The van der Waals surface area contributed by atoms with E-state index in [0.717, 1.165) is 43.6 Å². The topological polar surface area (TPSA) is 72.8 Å². The molecule has 168 valence electrons. The fraction of sp³-hybridized carbons (Fsp3) is 0.222. The van der Waals surface area contributed by atoms with E-state index in [0.29, 0.717) is 16.9 Å². The predicted octanol–water partition coefficient (Wildman–Crippen LogP) is 3.29. The molecule has 5 nitrogen and oxygen atoms in total. The number of benzene rings is 3. The van der Waals surface area contributed by atoms with E-state index < -0.39 is 7.12 Å². The number of rotatable bonds is 7. The van der Waals surface area contributed by atoms with Gasteiger partial charge in [0, 0.05) is 25.2 Å². The molecule has 3 N–H and O–H groups in total. The van der Waals surface area contributed by atoms with Gasteiger partial charge in [0.2, 0.25) is 0 Å². The average molecular weight is 440 g/mol. The molecule has 0 radical (unpaired) electrons. The largest absolute Gasteiger partial charge is 0.488 e. The summed E-state index contributed by atoms with van der Waals surface area (Å²) in [4.78, 5) is 15.1. The molecule has 1 aliphatic heterocycles.